The molecule has 1 aromatic carbocycles. The molecule has 1 aromatic rings. The molecule has 0 fully saturated rings. The fourth-order valence-corrected chi connectivity index (χ4v) is 1.90. The van der Waals surface area contributed by atoms with Gasteiger partial charge in [0.25, 0.3) is 0 Å². The van der Waals surface area contributed by atoms with Crippen LogP contribution in [-0.4, -0.2) is 36.2 Å². The van der Waals surface area contributed by atoms with Gasteiger partial charge in [-0.1, -0.05) is 12.1 Å². The molecule has 0 aliphatic heterocycles. The van der Waals surface area contributed by atoms with Crippen molar-refractivity contribution in [2.45, 2.75) is 32.4 Å². The van der Waals surface area contributed by atoms with Crippen LogP contribution in [0.1, 0.15) is 31.9 Å². The minimum absolute atomic E-state index is 0.000369. The van der Waals surface area contributed by atoms with Gasteiger partial charge in [-0.25, -0.2) is 0 Å². The topological polar surface area (TPSA) is 49.8 Å². The molecule has 0 radical (unpaired) electrons. The van der Waals surface area contributed by atoms with Crippen molar-refractivity contribution in [2.24, 2.45) is 0 Å². The van der Waals surface area contributed by atoms with Gasteiger partial charge in [0.2, 0.25) is 0 Å². The largest absolute Gasteiger partial charge is 0.497 e. The summed E-state index contributed by atoms with van der Waals surface area (Å²) in [6, 6.07) is 8.02. The minimum Gasteiger partial charge on any atom is -0.497 e. The third-order valence-electron chi connectivity index (χ3n) is 3.37. The van der Waals surface area contributed by atoms with E-state index >= 15 is 0 Å². The first kappa shape index (κ1) is 14.5. The molecule has 0 spiro atoms. The van der Waals surface area contributed by atoms with Crippen LogP contribution in [0.15, 0.2) is 24.3 Å². The monoisotopic (exact) mass is 251 g/mol. The summed E-state index contributed by atoms with van der Waals surface area (Å²) in [6.45, 7) is 3.99. The Morgan fingerprint density at radius 1 is 1.33 bits per heavy atom. The summed E-state index contributed by atoms with van der Waals surface area (Å²) < 4.78 is 5.12. The van der Waals surface area contributed by atoms with Gasteiger partial charge in [-0.15, -0.1) is 0 Å². The first-order chi connectivity index (χ1) is 8.45. The van der Waals surface area contributed by atoms with Crippen molar-refractivity contribution in [1.82, 2.24) is 4.90 Å². The van der Waals surface area contributed by atoms with Gasteiger partial charge in [0.05, 0.1) is 13.5 Å². The number of aliphatic carboxylic acids is 1. The Bertz CT molecular complexity index is 389. The first-order valence-corrected chi connectivity index (χ1v) is 6.03. The second-order valence-electron chi connectivity index (χ2n) is 4.56. The maximum absolute atomic E-state index is 10.7. The molecule has 0 aliphatic rings. The Labute approximate surface area is 108 Å². The number of nitrogens with zero attached hydrogens (tertiary/aromatic N) is 1. The van der Waals surface area contributed by atoms with Crippen LogP contribution in [0.25, 0.3) is 0 Å². The Morgan fingerprint density at radius 3 is 2.33 bits per heavy atom. The summed E-state index contributed by atoms with van der Waals surface area (Å²) in [4.78, 5) is 12.8. The van der Waals surface area contributed by atoms with Crippen molar-refractivity contribution in [3.63, 3.8) is 0 Å². The van der Waals surface area contributed by atoms with Crippen LogP contribution in [0.2, 0.25) is 0 Å². The molecule has 0 saturated heterocycles. The van der Waals surface area contributed by atoms with Crippen LogP contribution in [0, 0.1) is 0 Å². The molecule has 0 bridgehead atoms. The predicted octanol–water partition coefficient (Wildman–Crippen LogP) is 2.55. The Balaban J connectivity index is 2.72. The number of carbonyl (C=O) groups is 1. The average molecular weight is 251 g/mol. The van der Waals surface area contributed by atoms with Gasteiger partial charge in [0, 0.05) is 12.1 Å². The van der Waals surface area contributed by atoms with E-state index in [4.69, 9.17) is 9.84 Å². The number of ether oxygens (including phenoxy) is 1. The molecule has 0 heterocycles. The SMILES string of the molecule is COc1ccc(C(C)N(C)C(C)CC(=O)O)cc1. The number of hydrogen-bond acceptors (Lipinski definition) is 3. The smallest absolute Gasteiger partial charge is 0.304 e. The van der Waals surface area contributed by atoms with Crippen molar-refractivity contribution in [3.05, 3.63) is 29.8 Å². The van der Waals surface area contributed by atoms with Crippen LogP contribution >= 0.6 is 0 Å². The summed E-state index contributed by atoms with van der Waals surface area (Å²) in [5, 5.41) is 8.81. The number of hydrogen-bond donors (Lipinski definition) is 1. The van der Waals surface area contributed by atoms with E-state index in [-0.39, 0.29) is 18.5 Å². The highest BCUT2D eigenvalue weighted by molar-refractivity contribution is 5.67. The third-order valence-corrected chi connectivity index (χ3v) is 3.37. The normalized spacial score (nSPS) is 14.3. The summed E-state index contributed by atoms with van der Waals surface area (Å²) in [7, 11) is 3.59. The van der Waals surface area contributed by atoms with E-state index in [1.54, 1.807) is 7.11 Å². The highest BCUT2D eigenvalue weighted by atomic mass is 16.5. The Morgan fingerprint density at radius 2 is 1.89 bits per heavy atom. The summed E-state index contributed by atoms with van der Waals surface area (Å²) in [6.07, 6.45) is 0.150. The lowest BCUT2D eigenvalue weighted by atomic mass is 10.0. The maximum Gasteiger partial charge on any atom is 0.304 e. The highest BCUT2D eigenvalue weighted by Gasteiger charge is 2.19. The van der Waals surface area contributed by atoms with Crippen molar-refractivity contribution in [1.29, 1.82) is 0 Å². The Kier molecular flexibility index (Phi) is 5.16. The predicted molar refractivity (Wildman–Crippen MR) is 70.9 cm³/mol. The lowest BCUT2D eigenvalue weighted by molar-refractivity contribution is -0.138. The van der Waals surface area contributed by atoms with Gasteiger partial charge in [0.1, 0.15) is 5.75 Å². The molecule has 18 heavy (non-hydrogen) atoms. The van der Waals surface area contributed by atoms with Gasteiger partial charge in [0.15, 0.2) is 0 Å². The van der Waals surface area contributed by atoms with Gasteiger partial charge < -0.3 is 9.84 Å². The van der Waals surface area contributed by atoms with Crippen molar-refractivity contribution >= 4 is 5.97 Å². The molecule has 4 nitrogen and oxygen atoms in total. The van der Waals surface area contributed by atoms with Gasteiger partial charge in [-0.3, -0.25) is 9.69 Å². The summed E-state index contributed by atoms with van der Waals surface area (Å²) in [5.41, 5.74) is 1.15. The molecule has 0 aliphatic carbocycles. The van der Waals surface area contributed by atoms with Crippen LogP contribution in [0.3, 0.4) is 0 Å². The number of carboxylic acid groups (broad SMARTS) is 1. The van der Waals surface area contributed by atoms with Gasteiger partial charge in [-0.05, 0) is 38.6 Å². The van der Waals surface area contributed by atoms with Gasteiger partial charge >= 0.3 is 5.97 Å². The maximum atomic E-state index is 10.7. The van der Waals surface area contributed by atoms with Crippen molar-refractivity contribution in [3.8, 4) is 5.75 Å². The van der Waals surface area contributed by atoms with E-state index in [1.165, 1.54) is 0 Å². The quantitative estimate of drug-likeness (QED) is 0.844. The van der Waals surface area contributed by atoms with E-state index in [9.17, 15) is 4.79 Å². The molecule has 2 atom stereocenters. The number of rotatable bonds is 6. The van der Waals surface area contributed by atoms with Crippen molar-refractivity contribution in [2.75, 3.05) is 14.2 Å². The van der Waals surface area contributed by atoms with Crippen LogP contribution in [0.4, 0.5) is 0 Å². The molecule has 4 heteroatoms. The summed E-state index contributed by atoms with van der Waals surface area (Å²) in [5.74, 6) is 0.0588. The molecule has 100 valence electrons. The average Bonchev–Trinajstić information content (AvgIpc) is 2.36. The van der Waals surface area contributed by atoms with E-state index in [1.807, 2.05) is 38.2 Å². The zero-order valence-electron chi connectivity index (χ0n) is 11.4. The molecule has 0 saturated carbocycles. The highest BCUT2D eigenvalue weighted by Crippen LogP contribution is 2.23. The van der Waals surface area contributed by atoms with Gasteiger partial charge in [-0.2, -0.15) is 0 Å². The lowest BCUT2D eigenvalue weighted by Crippen LogP contribution is -2.33. The molecule has 1 N–H and O–H groups in total. The first-order valence-electron chi connectivity index (χ1n) is 6.03. The standard InChI is InChI=1S/C14H21NO3/c1-10(9-14(16)17)15(3)11(2)12-5-7-13(18-4)8-6-12/h5-8,10-11H,9H2,1-4H3,(H,16,17). The number of carboxylic acids is 1. The van der Waals surface area contributed by atoms with Crippen molar-refractivity contribution < 1.29 is 14.6 Å². The number of benzene rings is 1. The zero-order chi connectivity index (χ0) is 13.7. The van der Waals surface area contributed by atoms with Crippen LogP contribution in [0.5, 0.6) is 5.75 Å². The molecule has 0 aromatic heterocycles. The summed E-state index contributed by atoms with van der Waals surface area (Å²) >= 11 is 0. The van der Waals surface area contributed by atoms with E-state index < -0.39 is 5.97 Å². The van der Waals surface area contributed by atoms with Crippen LogP contribution in [-0.2, 0) is 4.79 Å². The third kappa shape index (κ3) is 3.74. The molecule has 1 rings (SSSR count). The van der Waals surface area contributed by atoms with E-state index in [0.29, 0.717) is 0 Å². The number of methoxy groups -OCH3 is 1. The fourth-order valence-electron chi connectivity index (χ4n) is 1.90. The van der Waals surface area contributed by atoms with Crippen LogP contribution < -0.4 is 4.74 Å². The Hall–Kier alpha value is -1.55. The fraction of sp³-hybridized carbons (Fsp3) is 0.500. The molecular formula is C14H21NO3. The second kappa shape index (κ2) is 6.40. The minimum atomic E-state index is -0.767. The molecule has 0 amide bonds. The molecular weight excluding hydrogens is 230 g/mol. The second-order valence-corrected chi connectivity index (χ2v) is 4.56. The molecule has 2 unspecified atom stereocenters. The lowest BCUT2D eigenvalue weighted by Gasteiger charge is -2.30. The zero-order valence-corrected chi connectivity index (χ0v) is 11.4. The van der Waals surface area contributed by atoms with E-state index in [0.717, 1.165) is 11.3 Å². The van der Waals surface area contributed by atoms with E-state index in [2.05, 4.69) is 11.8 Å².